The molecule has 118 valence electrons. The van der Waals surface area contributed by atoms with Gasteiger partial charge in [0.2, 0.25) is 5.91 Å². The Labute approximate surface area is 127 Å². The monoisotopic (exact) mass is 293 g/mol. The first-order valence-corrected chi connectivity index (χ1v) is 7.45. The minimum atomic E-state index is -0.00196. The van der Waals surface area contributed by atoms with E-state index in [-0.39, 0.29) is 5.91 Å². The lowest BCUT2D eigenvalue weighted by molar-refractivity contribution is -0.116. The highest BCUT2D eigenvalue weighted by atomic mass is 16.5. The number of carbonyl (C=O) groups excluding carboxylic acids is 1. The first-order valence-electron chi connectivity index (χ1n) is 7.45. The van der Waals surface area contributed by atoms with Gasteiger partial charge in [-0.2, -0.15) is 0 Å². The van der Waals surface area contributed by atoms with E-state index in [1.807, 2.05) is 0 Å². The van der Waals surface area contributed by atoms with Gasteiger partial charge in [-0.05, 0) is 45.5 Å². The summed E-state index contributed by atoms with van der Waals surface area (Å²) in [6.45, 7) is 8.41. The number of nitrogen functional groups attached to an aromatic ring is 1. The van der Waals surface area contributed by atoms with Crippen molar-refractivity contribution in [3.8, 4) is 5.75 Å². The second-order valence-corrected chi connectivity index (χ2v) is 5.33. The number of carbonyl (C=O) groups is 1. The maximum atomic E-state index is 12.0. The summed E-state index contributed by atoms with van der Waals surface area (Å²) in [5.74, 6) is 0.582. The fourth-order valence-corrected chi connectivity index (χ4v) is 2.25. The van der Waals surface area contributed by atoms with Gasteiger partial charge in [-0.1, -0.05) is 6.92 Å². The Balaban J connectivity index is 2.47. The molecule has 0 atom stereocenters. The van der Waals surface area contributed by atoms with Gasteiger partial charge in [0.15, 0.2) is 0 Å². The third kappa shape index (κ3) is 5.63. The molecule has 0 fully saturated rings. The van der Waals surface area contributed by atoms with Crippen LogP contribution in [0.1, 0.15) is 33.6 Å². The van der Waals surface area contributed by atoms with Gasteiger partial charge in [-0.3, -0.25) is 4.79 Å². The summed E-state index contributed by atoms with van der Waals surface area (Å²) in [5.41, 5.74) is 6.96. The number of nitrogens with two attached hydrogens (primary N) is 1. The van der Waals surface area contributed by atoms with E-state index in [1.54, 1.807) is 25.3 Å². The van der Waals surface area contributed by atoms with Gasteiger partial charge >= 0.3 is 0 Å². The lowest BCUT2D eigenvalue weighted by Gasteiger charge is -2.24. The van der Waals surface area contributed by atoms with Gasteiger partial charge in [-0.15, -0.1) is 0 Å². The Morgan fingerprint density at radius 2 is 2.14 bits per heavy atom. The van der Waals surface area contributed by atoms with Gasteiger partial charge in [0.25, 0.3) is 0 Å². The van der Waals surface area contributed by atoms with E-state index >= 15 is 0 Å². The molecule has 1 aromatic rings. The van der Waals surface area contributed by atoms with Crippen molar-refractivity contribution in [2.45, 2.75) is 39.7 Å². The summed E-state index contributed by atoms with van der Waals surface area (Å²) in [7, 11) is 1.56. The van der Waals surface area contributed by atoms with Gasteiger partial charge in [0.1, 0.15) is 5.75 Å². The van der Waals surface area contributed by atoms with Crippen molar-refractivity contribution in [2.24, 2.45) is 0 Å². The molecule has 0 aliphatic carbocycles. The first-order chi connectivity index (χ1) is 9.97. The summed E-state index contributed by atoms with van der Waals surface area (Å²) in [6, 6.07) is 5.72. The van der Waals surface area contributed by atoms with Crippen molar-refractivity contribution >= 4 is 17.3 Å². The van der Waals surface area contributed by atoms with Gasteiger partial charge in [0.05, 0.1) is 12.8 Å². The molecule has 0 heterocycles. The lowest BCUT2D eigenvalue weighted by Crippen LogP contribution is -2.32. The number of ether oxygens (including phenoxy) is 1. The Morgan fingerprint density at radius 1 is 1.43 bits per heavy atom. The fraction of sp³-hybridized carbons (Fsp3) is 0.562. The van der Waals surface area contributed by atoms with Crippen LogP contribution in [-0.2, 0) is 4.79 Å². The summed E-state index contributed by atoms with van der Waals surface area (Å²) >= 11 is 0. The van der Waals surface area contributed by atoms with Crippen LogP contribution in [0.2, 0.25) is 0 Å². The van der Waals surface area contributed by atoms with E-state index < -0.39 is 0 Å². The lowest BCUT2D eigenvalue weighted by atomic mass is 10.2. The van der Waals surface area contributed by atoms with E-state index in [0.29, 0.717) is 29.6 Å². The minimum absolute atomic E-state index is 0.00196. The third-order valence-electron chi connectivity index (χ3n) is 3.49. The van der Waals surface area contributed by atoms with Crippen molar-refractivity contribution in [3.63, 3.8) is 0 Å². The number of hydrogen-bond acceptors (Lipinski definition) is 4. The molecule has 0 radical (unpaired) electrons. The second kappa shape index (κ2) is 8.52. The molecule has 3 N–H and O–H groups in total. The zero-order valence-corrected chi connectivity index (χ0v) is 13.5. The number of methoxy groups -OCH3 is 1. The second-order valence-electron chi connectivity index (χ2n) is 5.33. The maximum absolute atomic E-state index is 12.0. The summed E-state index contributed by atoms with van der Waals surface area (Å²) < 4.78 is 5.22. The van der Waals surface area contributed by atoms with Crippen LogP contribution in [0.15, 0.2) is 18.2 Å². The van der Waals surface area contributed by atoms with Gasteiger partial charge in [0, 0.05) is 24.2 Å². The van der Waals surface area contributed by atoms with Crippen LogP contribution >= 0.6 is 0 Å². The van der Waals surface area contributed by atoms with Gasteiger partial charge < -0.3 is 20.7 Å². The maximum Gasteiger partial charge on any atom is 0.224 e. The number of anilines is 2. The molecule has 21 heavy (non-hydrogen) atoms. The predicted octanol–water partition coefficient (Wildman–Crippen LogP) is 2.73. The largest absolute Gasteiger partial charge is 0.494 e. The first kappa shape index (κ1) is 17.3. The average molecular weight is 293 g/mol. The molecule has 0 bridgehead atoms. The van der Waals surface area contributed by atoms with Crippen molar-refractivity contribution in [1.82, 2.24) is 4.90 Å². The number of amides is 1. The molecular weight excluding hydrogens is 266 g/mol. The molecule has 0 aromatic heterocycles. The van der Waals surface area contributed by atoms with Crippen LogP contribution in [-0.4, -0.2) is 37.0 Å². The molecule has 5 nitrogen and oxygen atoms in total. The highest BCUT2D eigenvalue weighted by Crippen LogP contribution is 2.26. The Bertz CT molecular complexity index is 461. The normalized spacial score (nSPS) is 11.0. The van der Waals surface area contributed by atoms with E-state index in [9.17, 15) is 4.79 Å². The summed E-state index contributed by atoms with van der Waals surface area (Å²) in [6.07, 6.45) is 1.34. The van der Waals surface area contributed by atoms with Crippen LogP contribution in [0.4, 0.5) is 11.4 Å². The van der Waals surface area contributed by atoms with Crippen LogP contribution < -0.4 is 15.8 Å². The molecule has 0 aliphatic heterocycles. The molecule has 0 saturated heterocycles. The SMILES string of the molecule is CCN(CCCC(=O)Nc1ccc(N)cc1OC)C(C)C. The summed E-state index contributed by atoms with van der Waals surface area (Å²) in [4.78, 5) is 14.3. The molecule has 5 heteroatoms. The van der Waals surface area contributed by atoms with E-state index in [2.05, 4.69) is 31.0 Å². The molecule has 1 rings (SSSR count). The summed E-state index contributed by atoms with van der Waals surface area (Å²) in [5, 5.41) is 2.87. The van der Waals surface area contributed by atoms with Crippen molar-refractivity contribution < 1.29 is 9.53 Å². The zero-order valence-electron chi connectivity index (χ0n) is 13.5. The topological polar surface area (TPSA) is 67.6 Å². The molecule has 1 aromatic carbocycles. The Hall–Kier alpha value is -1.75. The van der Waals surface area contributed by atoms with Crippen LogP contribution in [0.3, 0.4) is 0 Å². The predicted molar refractivity (Wildman–Crippen MR) is 87.7 cm³/mol. The Kier molecular flexibility index (Phi) is 7.02. The molecule has 0 unspecified atom stereocenters. The number of nitrogens with one attached hydrogen (secondary N) is 1. The number of benzene rings is 1. The standard InChI is InChI=1S/C16H27N3O2/c1-5-19(12(2)3)10-6-7-16(20)18-14-9-8-13(17)11-15(14)21-4/h8-9,11-12H,5-7,10,17H2,1-4H3,(H,18,20). The van der Waals surface area contributed by atoms with Crippen LogP contribution in [0, 0.1) is 0 Å². The van der Waals surface area contributed by atoms with Crippen LogP contribution in [0.25, 0.3) is 0 Å². The van der Waals surface area contributed by atoms with Crippen molar-refractivity contribution in [2.75, 3.05) is 31.2 Å². The van der Waals surface area contributed by atoms with E-state index in [1.165, 1.54) is 0 Å². The molecule has 0 saturated carbocycles. The fourth-order valence-electron chi connectivity index (χ4n) is 2.25. The average Bonchev–Trinajstić information content (AvgIpc) is 2.45. The van der Waals surface area contributed by atoms with Gasteiger partial charge in [-0.25, -0.2) is 0 Å². The smallest absolute Gasteiger partial charge is 0.224 e. The van der Waals surface area contributed by atoms with E-state index in [0.717, 1.165) is 19.5 Å². The van der Waals surface area contributed by atoms with Crippen LogP contribution in [0.5, 0.6) is 5.75 Å². The van der Waals surface area contributed by atoms with E-state index in [4.69, 9.17) is 10.5 Å². The quantitative estimate of drug-likeness (QED) is 0.723. The van der Waals surface area contributed by atoms with Crippen molar-refractivity contribution in [1.29, 1.82) is 0 Å². The molecule has 0 aliphatic rings. The molecule has 1 amide bonds. The Morgan fingerprint density at radius 3 is 2.71 bits per heavy atom. The zero-order chi connectivity index (χ0) is 15.8. The highest BCUT2D eigenvalue weighted by Gasteiger charge is 2.10. The van der Waals surface area contributed by atoms with Crippen molar-refractivity contribution in [3.05, 3.63) is 18.2 Å². The number of rotatable bonds is 8. The highest BCUT2D eigenvalue weighted by molar-refractivity contribution is 5.92. The molecule has 0 spiro atoms. The molecular formula is C16H27N3O2. The number of nitrogens with zero attached hydrogens (tertiary/aromatic N) is 1. The third-order valence-corrected chi connectivity index (χ3v) is 3.49. The minimum Gasteiger partial charge on any atom is -0.494 e. The number of hydrogen-bond donors (Lipinski definition) is 2.